The number of hydrogen-bond donors (Lipinski definition) is 0. The summed E-state index contributed by atoms with van der Waals surface area (Å²) in [7, 11) is -3.62. The Morgan fingerprint density at radius 1 is 1.17 bits per heavy atom. The maximum atomic E-state index is 12.3. The van der Waals surface area contributed by atoms with Crippen molar-refractivity contribution in [3.05, 3.63) is 29.8 Å². The van der Waals surface area contributed by atoms with Crippen LogP contribution in [0.25, 0.3) is 0 Å². The van der Waals surface area contributed by atoms with Gasteiger partial charge in [0.05, 0.1) is 30.6 Å². The highest BCUT2D eigenvalue weighted by atomic mass is 32.2. The van der Waals surface area contributed by atoms with Gasteiger partial charge in [0, 0.05) is 18.7 Å². The van der Waals surface area contributed by atoms with Gasteiger partial charge in [-0.25, -0.2) is 12.7 Å². The SMILES string of the molecule is C[C@H]1CS(=O)(=O)N(c2ccc(C(=O)N3CCOCC3)cc2)C1=O. The van der Waals surface area contributed by atoms with Crippen molar-refractivity contribution in [2.75, 3.05) is 36.4 Å². The van der Waals surface area contributed by atoms with E-state index in [0.29, 0.717) is 31.9 Å². The molecule has 23 heavy (non-hydrogen) atoms. The van der Waals surface area contributed by atoms with Crippen molar-refractivity contribution in [3.63, 3.8) is 0 Å². The van der Waals surface area contributed by atoms with Gasteiger partial charge in [-0.15, -0.1) is 0 Å². The lowest BCUT2D eigenvalue weighted by atomic mass is 10.1. The van der Waals surface area contributed by atoms with Crippen LogP contribution >= 0.6 is 0 Å². The average Bonchev–Trinajstić information content (AvgIpc) is 2.75. The van der Waals surface area contributed by atoms with Gasteiger partial charge in [-0.1, -0.05) is 6.92 Å². The summed E-state index contributed by atoms with van der Waals surface area (Å²) in [5.41, 5.74) is 0.741. The van der Waals surface area contributed by atoms with Crippen LogP contribution in [-0.4, -0.2) is 57.2 Å². The third kappa shape index (κ3) is 2.96. The largest absolute Gasteiger partial charge is 0.378 e. The lowest BCUT2D eigenvalue weighted by molar-refractivity contribution is -0.119. The standard InChI is InChI=1S/C15H18N2O5S/c1-11-10-23(20,21)17(14(11)18)13-4-2-12(3-5-13)15(19)16-6-8-22-9-7-16/h2-5,11H,6-10H2,1H3/t11-/m0/s1. The Balaban J connectivity index is 1.82. The molecule has 0 spiro atoms. The number of hydrogen-bond acceptors (Lipinski definition) is 5. The van der Waals surface area contributed by atoms with Crippen LogP contribution < -0.4 is 4.31 Å². The van der Waals surface area contributed by atoms with E-state index < -0.39 is 21.8 Å². The van der Waals surface area contributed by atoms with E-state index in [0.717, 1.165) is 4.31 Å². The number of amides is 2. The van der Waals surface area contributed by atoms with Crippen LogP contribution in [0, 0.1) is 5.92 Å². The van der Waals surface area contributed by atoms with E-state index in [-0.39, 0.29) is 17.3 Å². The van der Waals surface area contributed by atoms with Crippen LogP contribution in [0.3, 0.4) is 0 Å². The number of ether oxygens (including phenoxy) is 1. The predicted molar refractivity (Wildman–Crippen MR) is 83.6 cm³/mol. The first-order valence-electron chi connectivity index (χ1n) is 7.44. The summed E-state index contributed by atoms with van der Waals surface area (Å²) in [5, 5.41) is 0. The van der Waals surface area contributed by atoms with Gasteiger partial charge in [-0.05, 0) is 24.3 Å². The molecule has 2 amide bonds. The highest BCUT2D eigenvalue weighted by molar-refractivity contribution is 7.94. The fraction of sp³-hybridized carbons (Fsp3) is 0.467. The van der Waals surface area contributed by atoms with Crippen molar-refractivity contribution < 1.29 is 22.7 Å². The molecular weight excluding hydrogens is 320 g/mol. The summed E-state index contributed by atoms with van der Waals surface area (Å²) in [6, 6.07) is 6.11. The maximum Gasteiger partial charge on any atom is 0.254 e. The lowest BCUT2D eigenvalue weighted by Crippen LogP contribution is -2.40. The van der Waals surface area contributed by atoms with Gasteiger partial charge < -0.3 is 9.64 Å². The van der Waals surface area contributed by atoms with Crippen molar-refractivity contribution in [1.29, 1.82) is 0 Å². The highest BCUT2D eigenvalue weighted by Gasteiger charge is 2.41. The molecule has 2 aliphatic heterocycles. The van der Waals surface area contributed by atoms with Gasteiger partial charge in [-0.2, -0.15) is 0 Å². The molecule has 2 heterocycles. The third-order valence-corrected chi connectivity index (χ3v) is 5.88. The van der Waals surface area contributed by atoms with Crippen LogP contribution in [0.4, 0.5) is 5.69 Å². The molecule has 2 aliphatic rings. The molecule has 0 N–H and O–H groups in total. The van der Waals surface area contributed by atoms with Crippen molar-refractivity contribution in [2.45, 2.75) is 6.92 Å². The number of nitrogens with zero attached hydrogens (tertiary/aromatic N) is 2. The van der Waals surface area contributed by atoms with Gasteiger partial charge in [0.1, 0.15) is 0 Å². The normalized spacial score (nSPS) is 24.0. The summed E-state index contributed by atoms with van der Waals surface area (Å²) in [6.07, 6.45) is 0. The van der Waals surface area contributed by atoms with Crippen LogP contribution in [0.2, 0.25) is 0 Å². The summed E-state index contributed by atoms with van der Waals surface area (Å²) < 4.78 is 30.2. The fourth-order valence-corrected chi connectivity index (χ4v) is 4.60. The molecule has 0 aromatic heterocycles. The Labute approximate surface area is 134 Å². The van der Waals surface area contributed by atoms with Crippen LogP contribution in [0.5, 0.6) is 0 Å². The second-order valence-corrected chi connectivity index (χ2v) is 7.60. The van der Waals surface area contributed by atoms with Crippen LogP contribution in [0.1, 0.15) is 17.3 Å². The minimum absolute atomic E-state index is 0.121. The van der Waals surface area contributed by atoms with Crippen LogP contribution in [0.15, 0.2) is 24.3 Å². The van der Waals surface area contributed by atoms with E-state index in [1.165, 1.54) is 12.1 Å². The molecular formula is C15H18N2O5S. The van der Waals surface area contributed by atoms with Gasteiger partial charge in [0.25, 0.3) is 5.91 Å². The number of carbonyl (C=O) groups excluding carboxylic acids is 2. The van der Waals surface area contributed by atoms with Gasteiger partial charge >= 0.3 is 0 Å². The van der Waals surface area contributed by atoms with E-state index in [2.05, 4.69) is 0 Å². The highest BCUT2D eigenvalue weighted by Crippen LogP contribution is 2.28. The van der Waals surface area contributed by atoms with E-state index >= 15 is 0 Å². The molecule has 124 valence electrons. The zero-order valence-electron chi connectivity index (χ0n) is 12.8. The summed E-state index contributed by atoms with van der Waals surface area (Å²) >= 11 is 0. The number of rotatable bonds is 2. The Hall–Kier alpha value is -1.93. The molecule has 0 unspecified atom stereocenters. The Morgan fingerprint density at radius 3 is 2.30 bits per heavy atom. The topological polar surface area (TPSA) is 84.0 Å². The molecule has 2 fully saturated rings. The summed E-state index contributed by atoms with van der Waals surface area (Å²) in [5.74, 6) is -1.28. The average molecular weight is 338 g/mol. The smallest absolute Gasteiger partial charge is 0.254 e. The van der Waals surface area contributed by atoms with E-state index in [4.69, 9.17) is 4.74 Å². The molecule has 0 saturated carbocycles. The van der Waals surface area contributed by atoms with E-state index in [1.807, 2.05) is 0 Å². The number of benzene rings is 1. The Morgan fingerprint density at radius 2 is 1.78 bits per heavy atom. The van der Waals surface area contributed by atoms with Crippen molar-refractivity contribution in [3.8, 4) is 0 Å². The number of carbonyl (C=O) groups is 2. The molecule has 7 nitrogen and oxygen atoms in total. The fourth-order valence-electron chi connectivity index (χ4n) is 2.78. The Kier molecular flexibility index (Phi) is 4.11. The molecule has 0 bridgehead atoms. The van der Waals surface area contributed by atoms with Crippen molar-refractivity contribution in [2.24, 2.45) is 5.92 Å². The second-order valence-electron chi connectivity index (χ2n) is 5.73. The molecule has 8 heteroatoms. The predicted octanol–water partition coefficient (Wildman–Crippen LogP) is 0.472. The molecule has 1 atom stereocenters. The first kappa shape index (κ1) is 15.9. The van der Waals surface area contributed by atoms with E-state index in [9.17, 15) is 18.0 Å². The van der Waals surface area contributed by atoms with Gasteiger partial charge in [-0.3, -0.25) is 9.59 Å². The maximum absolute atomic E-state index is 12.3. The Bertz CT molecular complexity index is 723. The lowest BCUT2D eigenvalue weighted by Gasteiger charge is -2.27. The first-order chi connectivity index (χ1) is 10.9. The monoisotopic (exact) mass is 338 g/mol. The van der Waals surface area contributed by atoms with Crippen LogP contribution in [-0.2, 0) is 19.6 Å². The molecule has 3 rings (SSSR count). The molecule has 1 aromatic rings. The second kappa shape index (κ2) is 5.93. The number of anilines is 1. The summed E-state index contributed by atoms with van der Waals surface area (Å²) in [6.45, 7) is 3.70. The summed E-state index contributed by atoms with van der Waals surface area (Å²) in [4.78, 5) is 26.1. The van der Waals surface area contributed by atoms with Gasteiger partial charge in [0.15, 0.2) is 0 Å². The molecule has 1 aromatic carbocycles. The minimum atomic E-state index is -3.62. The molecule has 2 saturated heterocycles. The zero-order chi connectivity index (χ0) is 16.6. The number of sulfonamides is 1. The zero-order valence-corrected chi connectivity index (χ0v) is 13.6. The van der Waals surface area contributed by atoms with Gasteiger partial charge in [0.2, 0.25) is 15.9 Å². The first-order valence-corrected chi connectivity index (χ1v) is 9.05. The van der Waals surface area contributed by atoms with E-state index in [1.54, 1.807) is 24.0 Å². The quantitative estimate of drug-likeness (QED) is 0.783. The molecule has 0 aliphatic carbocycles. The third-order valence-electron chi connectivity index (χ3n) is 4.01. The van der Waals surface area contributed by atoms with Crippen molar-refractivity contribution in [1.82, 2.24) is 4.90 Å². The van der Waals surface area contributed by atoms with Crippen molar-refractivity contribution >= 4 is 27.5 Å². The number of morpholine rings is 1. The molecule has 0 radical (unpaired) electrons. The minimum Gasteiger partial charge on any atom is -0.378 e.